The van der Waals surface area contributed by atoms with E-state index in [1.807, 2.05) is 0 Å². The van der Waals surface area contributed by atoms with Crippen LogP contribution in [0.2, 0.25) is 0 Å². The van der Waals surface area contributed by atoms with Gasteiger partial charge in [-0.05, 0) is 38.1 Å². The van der Waals surface area contributed by atoms with Crippen molar-refractivity contribution < 1.29 is 4.52 Å². The van der Waals surface area contributed by atoms with Crippen LogP contribution in [0.4, 0.5) is 0 Å². The van der Waals surface area contributed by atoms with Gasteiger partial charge in [-0.15, -0.1) is 0 Å². The van der Waals surface area contributed by atoms with Crippen LogP contribution in [0.15, 0.2) is 4.52 Å². The molecule has 3 nitrogen and oxygen atoms in total. The summed E-state index contributed by atoms with van der Waals surface area (Å²) >= 11 is 0. The number of nitrogens with two attached hydrogens (primary N) is 1. The molecule has 0 fully saturated rings. The fourth-order valence-electron chi connectivity index (χ4n) is 2.41. The lowest BCUT2D eigenvalue weighted by molar-refractivity contribution is 0.360. The number of rotatable bonds is 3. The lowest BCUT2D eigenvalue weighted by atomic mass is 9.83. The quantitative estimate of drug-likeness (QED) is 0.800. The number of aromatic nitrogens is 1. The average Bonchev–Trinajstić information content (AvgIpc) is 2.62. The lowest BCUT2D eigenvalue weighted by Crippen LogP contribution is -2.13. The van der Waals surface area contributed by atoms with Crippen LogP contribution in [0.5, 0.6) is 0 Å². The van der Waals surface area contributed by atoms with Crippen molar-refractivity contribution in [3.63, 3.8) is 0 Å². The van der Waals surface area contributed by atoms with Gasteiger partial charge in [0.2, 0.25) is 0 Å². The van der Waals surface area contributed by atoms with Crippen molar-refractivity contribution in [2.75, 3.05) is 6.54 Å². The van der Waals surface area contributed by atoms with Crippen molar-refractivity contribution in [2.24, 2.45) is 5.73 Å². The molecule has 0 spiro atoms. The molecule has 1 atom stereocenters. The van der Waals surface area contributed by atoms with Gasteiger partial charge in [0.1, 0.15) is 5.76 Å². The van der Waals surface area contributed by atoms with Gasteiger partial charge in [0, 0.05) is 12.0 Å². The maximum absolute atomic E-state index is 5.63. The van der Waals surface area contributed by atoms with Crippen LogP contribution in [0.25, 0.3) is 0 Å². The first-order valence-corrected chi connectivity index (χ1v) is 5.54. The average molecular weight is 194 g/mol. The van der Waals surface area contributed by atoms with Crippen molar-refractivity contribution in [3.05, 3.63) is 17.0 Å². The first-order valence-electron chi connectivity index (χ1n) is 5.54. The van der Waals surface area contributed by atoms with Crippen molar-refractivity contribution >= 4 is 0 Å². The Kier molecular flexibility index (Phi) is 2.87. The second-order valence-electron chi connectivity index (χ2n) is 3.99. The van der Waals surface area contributed by atoms with E-state index in [1.54, 1.807) is 0 Å². The van der Waals surface area contributed by atoms with Gasteiger partial charge in [-0.2, -0.15) is 0 Å². The van der Waals surface area contributed by atoms with Crippen LogP contribution >= 0.6 is 0 Å². The fraction of sp³-hybridized carbons (Fsp3) is 0.727. The van der Waals surface area contributed by atoms with Gasteiger partial charge in [0.15, 0.2) is 0 Å². The molecular formula is C11H18N2O. The third-order valence-electron chi connectivity index (χ3n) is 3.09. The zero-order valence-electron chi connectivity index (χ0n) is 8.75. The molecule has 1 heterocycles. The van der Waals surface area contributed by atoms with Gasteiger partial charge in [-0.25, -0.2) is 0 Å². The molecule has 78 valence electrons. The van der Waals surface area contributed by atoms with Crippen LogP contribution in [-0.2, 0) is 12.8 Å². The van der Waals surface area contributed by atoms with Crippen molar-refractivity contribution in [3.8, 4) is 0 Å². The Hall–Kier alpha value is -0.830. The Labute approximate surface area is 84.7 Å². The predicted molar refractivity (Wildman–Crippen MR) is 55.2 cm³/mol. The SMILES string of the molecule is CCc1noc2c1C(CCN)CCC2. The standard InChI is InChI=1S/C11H18N2O/c1-2-9-11-8(6-7-12)4-3-5-10(11)14-13-9/h8H,2-7,12H2,1H3. The summed E-state index contributed by atoms with van der Waals surface area (Å²) in [5.74, 6) is 1.72. The largest absolute Gasteiger partial charge is 0.361 e. The summed E-state index contributed by atoms with van der Waals surface area (Å²) in [5.41, 5.74) is 8.16. The van der Waals surface area contributed by atoms with Crippen LogP contribution < -0.4 is 5.73 Å². The minimum absolute atomic E-state index is 0.602. The zero-order chi connectivity index (χ0) is 9.97. The first kappa shape index (κ1) is 9.71. The summed E-state index contributed by atoms with van der Waals surface area (Å²) in [5, 5.41) is 4.13. The summed E-state index contributed by atoms with van der Waals surface area (Å²) < 4.78 is 5.36. The fourth-order valence-corrected chi connectivity index (χ4v) is 2.41. The summed E-state index contributed by atoms with van der Waals surface area (Å²) in [6.45, 7) is 2.89. The highest BCUT2D eigenvalue weighted by Gasteiger charge is 2.26. The molecule has 0 radical (unpaired) electrons. The number of aryl methyl sites for hydroxylation is 2. The Balaban J connectivity index is 2.30. The molecule has 3 heteroatoms. The minimum atomic E-state index is 0.602. The maximum atomic E-state index is 5.63. The molecule has 1 aromatic heterocycles. The maximum Gasteiger partial charge on any atom is 0.140 e. The Bertz CT molecular complexity index is 293. The lowest BCUT2D eigenvalue weighted by Gasteiger charge is -2.20. The van der Waals surface area contributed by atoms with Gasteiger partial charge >= 0.3 is 0 Å². The second kappa shape index (κ2) is 4.13. The molecule has 0 bridgehead atoms. The van der Waals surface area contributed by atoms with Gasteiger partial charge in [-0.3, -0.25) is 0 Å². The van der Waals surface area contributed by atoms with Crippen molar-refractivity contribution in [2.45, 2.75) is 44.9 Å². The van der Waals surface area contributed by atoms with E-state index in [2.05, 4.69) is 12.1 Å². The molecule has 1 aliphatic rings. The molecule has 2 rings (SSSR count). The smallest absolute Gasteiger partial charge is 0.140 e. The number of fused-ring (bicyclic) bond motifs is 1. The van der Waals surface area contributed by atoms with Crippen molar-refractivity contribution in [1.82, 2.24) is 5.16 Å². The Morgan fingerprint density at radius 2 is 2.43 bits per heavy atom. The van der Waals surface area contributed by atoms with Crippen LogP contribution in [0.1, 0.15) is 49.1 Å². The van der Waals surface area contributed by atoms with E-state index in [4.69, 9.17) is 10.3 Å². The predicted octanol–water partition coefficient (Wildman–Crippen LogP) is 2.01. The summed E-state index contributed by atoms with van der Waals surface area (Å²) in [6.07, 6.45) is 5.57. The van der Waals surface area contributed by atoms with Gasteiger partial charge in [0.05, 0.1) is 5.69 Å². The highest BCUT2D eigenvalue weighted by Crippen LogP contribution is 2.36. The highest BCUT2D eigenvalue weighted by atomic mass is 16.5. The molecule has 14 heavy (non-hydrogen) atoms. The summed E-state index contributed by atoms with van der Waals surface area (Å²) in [6, 6.07) is 0. The number of hydrogen-bond donors (Lipinski definition) is 1. The van der Waals surface area contributed by atoms with E-state index in [0.29, 0.717) is 5.92 Å². The molecule has 2 N–H and O–H groups in total. The third-order valence-corrected chi connectivity index (χ3v) is 3.09. The van der Waals surface area contributed by atoms with Crippen LogP contribution in [-0.4, -0.2) is 11.7 Å². The van der Waals surface area contributed by atoms with E-state index in [-0.39, 0.29) is 0 Å². The van der Waals surface area contributed by atoms with Crippen LogP contribution in [0.3, 0.4) is 0 Å². The van der Waals surface area contributed by atoms with E-state index < -0.39 is 0 Å². The third kappa shape index (κ3) is 1.57. The molecule has 1 aromatic rings. The van der Waals surface area contributed by atoms with E-state index >= 15 is 0 Å². The Morgan fingerprint density at radius 3 is 3.14 bits per heavy atom. The van der Waals surface area contributed by atoms with E-state index in [9.17, 15) is 0 Å². The number of nitrogens with zero attached hydrogens (tertiary/aromatic N) is 1. The van der Waals surface area contributed by atoms with Gasteiger partial charge in [-0.1, -0.05) is 12.1 Å². The molecule has 1 unspecified atom stereocenters. The molecule has 0 amide bonds. The number of hydrogen-bond acceptors (Lipinski definition) is 3. The van der Waals surface area contributed by atoms with E-state index in [1.165, 1.54) is 18.4 Å². The molecule has 0 saturated carbocycles. The molecule has 1 aliphatic carbocycles. The summed E-state index contributed by atoms with van der Waals surface area (Å²) in [7, 11) is 0. The van der Waals surface area contributed by atoms with Gasteiger partial charge < -0.3 is 10.3 Å². The Morgan fingerprint density at radius 1 is 1.57 bits per heavy atom. The minimum Gasteiger partial charge on any atom is -0.361 e. The topological polar surface area (TPSA) is 52.0 Å². The molecule has 0 saturated heterocycles. The van der Waals surface area contributed by atoms with Crippen molar-refractivity contribution in [1.29, 1.82) is 0 Å². The highest BCUT2D eigenvalue weighted by molar-refractivity contribution is 5.29. The van der Waals surface area contributed by atoms with E-state index in [0.717, 1.165) is 37.3 Å². The monoisotopic (exact) mass is 194 g/mol. The molecule has 0 aromatic carbocycles. The molecule has 0 aliphatic heterocycles. The first-order chi connectivity index (χ1) is 6.86. The summed E-state index contributed by atoms with van der Waals surface area (Å²) in [4.78, 5) is 0. The zero-order valence-corrected chi connectivity index (χ0v) is 8.75. The van der Waals surface area contributed by atoms with Gasteiger partial charge in [0.25, 0.3) is 0 Å². The molecular weight excluding hydrogens is 176 g/mol. The van der Waals surface area contributed by atoms with Crippen LogP contribution in [0, 0.1) is 0 Å². The normalized spacial score (nSPS) is 20.9. The second-order valence-corrected chi connectivity index (χ2v) is 3.99.